The van der Waals surface area contributed by atoms with Crippen LogP contribution in [0.15, 0.2) is 58.2 Å². The highest BCUT2D eigenvalue weighted by molar-refractivity contribution is 7.98. The third-order valence-electron chi connectivity index (χ3n) is 3.66. The normalized spacial score (nSPS) is 11.7. The molecule has 0 bridgehead atoms. The minimum Gasteiger partial charge on any atom is -0.411 e. The highest BCUT2D eigenvalue weighted by atomic mass is 32.2. The Morgan fingerprint density at radius 3 is 2.46 bits per heavy atom. The molecule has 0 aliphatic rings. The molecule has 0 unspecified atom stereocenters. The summed E-state index contributed by atoms with van der Waals surface area (Å²) in [5.74, 6) is 0.845. The molecule has 5 heteroatoms. The molecule has 0 aliphatic carbocycles. The fraction of sp³-hybridized carbons (Fsp3) is 0.263. The van der Waals surface area contributed by atoms with Crippen LogP contribution in [0.2, 0.25) is 0 Å². The van der Waals surface area contributed by atoms with E-state index < -0.39 is 0 Å². The van der Waals surface area contributed by atoms with Crippen molar-refractivity contribution in [3.8, 4) is 11.5 Å². The number of hydrogen-bond donors (Lipinski definition) is 0. The second-order valence-corrected chi connectivity index (χ2v) is 7.55. The molecule has 3 aromatic rings. The summed E-state index contributed by atoms with van der Waals surface area (Å²) >= 11 is 1.40. The average Bonchev–Trinajstić information content (AvgIpc) is 3.01. The molecule has 0 saturated heterocycles. The van der Waals surface area contributed by atoms with Crippen LogP contribution in [0.25, 0.3) is 11.5 Å². The molecule has 1 heterocycles. The van der Waals surface area contributed by atoms with Gasteiger partial charge in [-0.05, 0) is 40.8 Å². The lowest BCUT2D eigenvalue weighted by atomic mass is 9.87. The van der Waals surface area contributed by atoms with Gasteiger partial charge in [0, 0.05) is 11.3 Å². The topological polar surface area (TPSA) is 38.9 Å². The van der Waals surface area contributed by atoms with Crippen molar-refractivity contribution >= 4 is 11.8 Å². The number of nitrogens with zero attached hydrogens (tertiary/aromatic N) is 2. The fourth-order valence-corrected chi connectivity index (χ4v) is 2.98. The zero-order chi connectivity index (χ0) is 17.2. The van der Waals surface area contributed by atoms with Crippen molar-refractivity contribution in [3.63, 3.8) is 0 Å². The first-order valence-corrected chi connectivity index (χ1v) is 8.72. The Balaban J connectivity index is 1.69. The molecule has 0 radical (unpaired) electrons. The Kier molecular flexibility index (Phi) is 4.71. The van der Waals surface area contributed by atoms with Crippen LogP contribution in [0.4, 0.5) is 4.39 Å². The van der Waals surface area contributed by atoms with Crippen molar-refractivity contribution in [1.82, 2.24) is 10.2 Å². The largest absolute Gasteiger partial charge is 0.411 e. The predicted octanol–water partition coefficient (Wildman–Crippen LogP) is 5.47. The summed E-state index contributed by atoms with van der Waals surface area (Å²) in [6, 6.07) is 14.7. The van der Waals surface area contributed by atoms with E-state index in [-0.39, 0.29) is 11.2 Å². The third-order valence-corrected chi connectivity index (χ3v) is 4.55. The SMILES string of the molecule is CC(C)(C)c1ccc(-c2nnc(SCc3cccc(F)c3)o2)cc1. The summed E-state index contributed by atoms with van der Waals surface area (Å²) in [6.07, 6.45) is 0. The van der Waals surface area contributed by atoms with Gasteiger partial charge in [-0.15, -0.1) is 10.2 Å². The number of aromatic nitrogens is 2. The molecule has 3 nitrogen and oxygen atoms in total. The summed E-state index contributed by atoms with van der Waals surface area (Å²) in [5.41, 5.74) is 3.15. The summed E-state index contributed by atoms with van der Waals surface area (Å²) < 4.78 is 18.9. The van der Waals surface area contributed by atoms with Gasteiger partial charge in [0.1, 0.15) is 5.82 Å². The maximum Gasteiger partial charge on any atom is 0.277 e. The monoisotopic (exact) mass is 342 g/mol. The van der Waals surface area contributed by atoms with E-state index in [1.165, 1.54) is 29.5 Å². The van der Waals surface area contributed by atoms with Crippen molar-refractivity contribution in [2.45, 2.75) is 37.2 Å². The maximum absolute atomic E-state index is 13.2. The maximum atomic E-state index is 13.2. The van der Waals surface area contributed by atoms with E-state index in [2.05, 4.69) is 43.1 Å². The Morgan fingerprint density at radius 1 is 1.04 bits per heavy atom. The molecule has 1 aromatic heterocycles. The van der Waals surface area contributed by atoms with Crippen LogP contribution in [-0.4, -0.2) is 10.2 Å². The molecular formula is C19H19FN2OS. The molecule has 3 rings (SSSR count). The van der Waals surface area contributed by atoms with Gasteiger partial charge in [-0.1, -0.05) is 56.8 Å². The zero-order valence-corrected chi connectivity index (χ0v) is 14.7. The fourth-order valence-electron chi connectivity index (χ4n) is 2.27. The van der Waals surface area contributed by atoms with Crippen molar-refractivity contribution in [3.05, 3.63) is 65.5 Å². The summed E-state index contributed by atoms with van der Waals surface area (Å²) in [5, 5.41) is 8.63. The Bertz CT molecular complexity index is 822. The van der Waals surface area contributed by atoms with E-state index in [1.807, 2.05) is 18.2 Å². The van der Waals surface area contributed by atoms with E-state index in [0.717, 1.165) is 11.1 Å². The first kappa shape index (κ1) is 16.7. The molecule has 0 atom stereocenters. The molecule has 24 heavy (non-hydrogen) atoms. The highest BCUT2D eigenvalue weighted by Gasteiger charge is 2.15. The second-order valence-electron chi connectivity index (χ2n) is 6.62. The molecule has 0 saturated carbocycles. The molecule has 0 amide bonds. The van der Waals surface area contributed by atoms with Crippen LogP contribution in [0.3, 0.4) is 0 Å². The lowest BCUT2D eigenvalue weighted by molar-refractivity contribution is 0.465. The van der Waals surface area contributed by atoms with Gasteiger partial charge < -0.3 is 4.42 Å². The number of halogens is 1. The number of rotatable bonds is 4. The summed E-state index contributed by atoms with van der Waals surface area (Å²) in [7, 11) is 0. The van der Waals surface area contributed by atoms with E-state index in [1.54, 1.807) is 6.07 Å². The summed E-state index contributed by atoms with van der Waals surface area (Å²) in [4.78, 5) is 0. The van der Waals surface area contributed by atoms with E-state index >= 15 is 0 Å². The van der Waals surface area contributed by atoms with E-state index in [0.29, 0.717) is 16.9 Å². The van der Waals surface area contributed by atoms with Crippen molar-refractivity contribution in [2.75, 3.05) is 0 Å². The molecule has 124 valence electrons. The van der Waals surface area contributed by atoms with Gasteiger partial charge in [-0.3, -0.25) is 0 Å². The van der Waals surface area contributed by atoms with Crippen molar-refractivity contribution < 1.29 is 8.81 Å². The van der Waals surface area contributed by atoms with Crippen molar-refractivity contribution in [1.29, 1.82) is 0 Å². The van der Waals surface area contributed by atoms with Crippen LogP contribution in [-0.2, 0) is 11.2 Å². The van der Waals surface area contributed by atoms with Crippen LogP contribution in [0.5, 0.6) is 0 Å². The highest BCUT2D eigenvalue weighted by Crippen LogP contribution is 2.28. The number of hydrogen-bond acceptors (Lipinski definition) is 4. The molecule has 0 N–H and O–H groups in total. The smallest absolute Gasteiger partial charge is 0.277 e. The lowest BCUT2D eigenvalue weighted by Gasteiger charge is -2.18. The van der Waals surface area contributed by atoms with Crippen LogP contribution < -0.4 is 0 Å². The van der Waals surface area contributed by atoms with Gasteiger partial charge in [0.15, 0.2) is 0 Å². The average molecular weight is 342 g/mol. The van der Waals surface area contributed by atoms with Crippen molar-refractivity contribution in [2.24, 2.45) is 0 Å². The van der Waals surface area contributed by atoms with E-state index in [9.17, 15) is 4.39 Å². The first-order valence-electron chi connectivity index (χ1n) is 7.73. The molecule has 0 aliphatic heterocycles. The van der Waals surface area contributed by atoms with E-state index in [4.69, 9.17) is 4.42 Å². The Hall–Kier alpha value is -2.14. The second kappa shape index (κ2) is 6.77. The molecular weight excluding hydrogens is 323 g/mol. The van der Waals surface area contributed by atoms with Crippen LogP contribution >= 0.6 is 11.8 Å². The minimum absolute atomic E-state index is 0.110. The van der Waals surface area contributed by atoms with Gasteiger partial charge in [0.05, 0.1) is 0 Å². The van der Waals surface area contributed by atoms with Crippen LogP contribution in [0.1, 0.15) is 31.9 Å². The van der Waals surface area contributed by atoms with Gasteiger partial charge in [0.25, 0.3) is 5.22 Å². The number of thioether (sulfide) groups is 1. The van der Waals surface area contributed by atoms with Crippen LogP contribution in [0, 0.1) is 5.82 Å². The standard InChI is InChI=1S/C19H19FN2OS/c1-19(2,3)15-9-7-14(8-10-15)17-21-22-18(23-17)24-12-13-5-4-6-16(20)11-13/h4-11H,12H2,1-3H3. The Morgan fingerprint density at radius 2 is 1.79 bits per heavy atom. The molecule has 0 fully saturated rings. The van der Waals surface area contributed by atoms with Gasteiger partial charge >= 0.3 is 0 Å². The van der Waals surface area contributed by atoms with Gasteiger partial charge in [-0.2, -0.15) is 0 Å². The lowest BCUT2D eigenvalue weighted by Crippen LogP contribution is -2.10. The quantitative estimate of drug-likeness (QED) is 0.590. The molecule has 2 aromatic carbocycles. The zero-order valence-electron chi connectivity index (χ0n) is 13.9. The van der Waals surface area contributed by atoms with Gasteiger partial charge in [-0.25, -0.2) is 4.39 Å². The molecule has 0 spiro atoms. The first-order chi connectivity index (χ1) is 11.4. The third kappa shape index (κ3) is 4.03. The predicted molar refractivity (Wildman–Crippen MR) is 94.4 cm³/mol. The van der Waals surface area contributed by atoms with Gasteiger partial charge in [0.2, 0.25) is 5.89 Å². The Labute approximate surface area is 145 Å². The summed E-state index contributed by atoms with van der Waals surface area (Å²) in [6.45, 7) is 6.53. The minimum atomic E-state index is -0.238. The number of benzene rings is 2.